The van der Waals surface area contributed by atoms with E-state index in [4.69, 9.17) is 0 Å². The van der Waals surface area contributed by atoms with Crippen molar-refractivity contribution in [2.24, 2.45) is 0 Å². The number of carbonyl (C=O) groups excluding carboxylic acids is 1. The molecule has 5 nitrogen and oxygen atoms in total. The van der Waals surface area contributed by atoms with E-state index in [2.05, 4.69) is 17.0 Å². The highest BCUT2D eigenvalue weighted by molar-refractivity contribution is 5.92. The summed E-state index contributed by atoms with van der Waals surface area (Å²) in [6, 6.07) is 8.18. The lowest BCUT2D eigenvalue weighted by atomic mass is 10.1. The molecule has 2 aromatic rings. The number of halogens is 3. The Morgan fingerprint density at radius 1 is 1.14 bits per heavy atom. The third-order valence-corrected chi connectivity index (χ3v) is 4.03. The number of carbonyl (C=O) groups is 1. The van der Waals surface area contributed by atoms with Crippen molar-refractivity contribution in [1.29, 1.82) is 0 Å². The highest BCUT2D eigenvalue weighted by atomic mass is 19.4. The number of benzene rings is 1. The van der Waals surface area contributed by atoms with Crippen LogP contribution in [0.25, 0.3) is 0 Å². The molecule has 2 rings (SSSR count). The third kappa shape index (κ3) is 7.46. The number of pyridine rings is 1. The molecule has 0 saturated heterocycles. The summed E-state index contributed by atoms with van der Waals surface area (Å²) in [5.41, 5.74) is 0.501. The first-order valence-corrected chi connectivity index (χ1v) is 9.12. The number of hydrogen-bond donors (Lipinski definition) is 1. The molecule has 0 aliphatic rings. The number of alkyl halides is 3. The molecular weight excluding hydrogens is 373 g/mol. The number of rotatable bonds is 9. The molecule has 1 N–H and O–H groups in total. The van der Waals surface area contributed by atoms with Gasteiger partial charge in [0.25, 0.3) is 5.56 Å². The second-order valence-electron chi connectivity index (χ2n) is 6.43. The maximum Gasteiger partial charge on any atom is 0.573 e. The van der Waals surface area contributed by atoms with Gasteiger partial charge < -0.3 is 14.6 Å². The molecule has 0 aliphatic carbocycles. The van der Waals surface area contributed by atoms with E-state index in [1.807, 2.05) is 0 Å². The van der Waals surface area contributed by atoms with Crippen LogP contribution in [0.1, 0.15) is 38.2 Å². The van der Waals surface area contributed by atoms with Gasteiger partial charge in [-0.15, -0.1) is 13.2 Å². The van der Waals surface area contributed by atoms with Crippen LogP contribution in [0.3, 0.4) is 0 Å². The van der Waals surface area contributed by atoms with E-state index in [1.54, 1.807) is 16.8 Å². The molecular formula is C20H23F3N2O3. The van der Waals surface area contributed by atoms with Gasteiger partial charge in [0.2, 0.25) is 5.91 Å². The van der Waals surface area contributed by atoms with E-state index < -0.39 is 12.3 Å². The molecule has 0 bridgehead atoms. The fourth-order valence-electron chi connectivity index (χ4n) is 2.72. The number of amides is 1. The Kier molecular flexibility index (Phi) is 7.66. The van der Waals surface area contributed by atoms with Gasteiger partial charge in [-0.3, -0.25) is 9.59 Å². The summed E-state index contributed by atoms with van der Waals surface area (Å²) < 4.78 is 42.3. The first-order chi connectivity index (χ1) is 13.3. The van der Waals surface area contributed by atoms with E-state index in [1.165, 1.54) is 18.2 Å². The van der Waals surface area contributed by atoms with Gasteiger partial charge in [0.05, 0.1) is 6.42 Å². The molecule has 0 radical (unpaired) electrons. The van der Waals surface area contributed by atoms with E-state index in [-0.39, 0.29) is 17.7 Å². The molecule has 0 spiro atoms. The highest BCUT2D eigenvalue weighted by Crippen LogP contribution is 2.23. The Hall–Kier alpha value is -2.77. The van der Waals surface area contributed by atoms with Crippen LogP contribution in [0, 0.1) is 0 Å². The lowest BCUT2D eigenvalue weighted by Gasteiger charge is -2.11. The number of hydrogen-bond acceptors (Lipinski definition) is 3. The van der Waals surface area contributed by atoms with Crippen molar-refractivity contribution >= 4 is 11.6 Å². The van der Waals surface area contributed by atoms with E-state index in [0.29, 0.717) is 17.8 Å². The molecule has 28 heavy (non-hydrogen) atoms. The van der Waals surface area contributed by atoms with Crippen molar-refractivity contribution in [1.82, 2.24) is 4.57 Å². The molecule has 0 aliphatic heterocycles. The number of nitrogens with zero attached hydrogens (tertiary/aromatic N) is 1. The van der Waals surface area contributed by atoms with Crippen molar-refractivity contribution in [3.8, 4) is 5.75 Å². The molecule has 1 amide bonds. The fourth-order valence-corrected chi connectivity index (χ4v) is 2.72. The average Bonchev–Trinajstić information content (AvgIpc) is 2.59. The monoisotopic (exact) mass is 396 g/mol. The van der Waals surface area contributed by atoms with Crippen molar-refractivity contribution in [2.75, 3.05) is 5.32 Å². The van der Waals surface area contributed by atoms with Crippen molar-refractivity contribution in [2.45, 2.75) is 51.9 Å². The summed E-state index contributed by atoms with van der Waals surface area (Å²) in [7, 11) is 0. The van der Waals surface area contributed by atoms with Gasteiger partial charge in [-0.25, -0.2) is 0 Å². The van der Waals surface area contributed by atoms with Crippen LogP contribution in [0.15, 0.2) is 47.4 Å². The van der Waals surface area contributed by atoms with Crippen LogP contribution in [0.2, 0.25) is 0 Å². The molecule has 0 unspecified atom stereocenters. The van der Waals surface area contributed by atoms with Gasteiger partial charge in [0, 0.05) is 24.5 Å². The number of nitrogens with one attached hydrogen (secondary N) is 1. The number of aromatic nitrogens is 1. The Balaban J connectivity index is 1.93. The second-order valence-corrected chi connectivity index (χ2v) is 6.43. The molecule has 0 saturated carbocycles. The second kappa shape index (κ2) is 9.96. The molecule has 8 heteroatoms. The molecule has 152 valence electrons. The van der Waals surface area contributed by atoms with Gasteiger partial charge in [0.1, 0.15) is 5.75 Å². The van der Waals surface area contributed by atoms with Crippen molar-refractivity contribution in [3.63, 3.8) is 0 Å². The molecule has 1 aromatic carbocycles. The SMILES string of the molecule is CCCCCCn1ccc(NC(=O)Cc2cccc(OC(F)(F)F)c2)cc1=O. The summed E-state index contributed by atoms with van der Waals surface area (Å²) >= 11 is 0. The third-order valence-electron chi connectivity index (χ3n) is 4.03. The highest BCUT2D eigenvalue weighted by Gasteiger charge is 2.31. The van der Waals surface area contributed by atoms with E-state index >= 15 is 0 Å². The zero-order valence-electron chi connectivity index (χ0n) is 15.6. The maximum absolute atomic E-state index is 12.3. The molecule has 0 atom stereocenters. The number of ether oxygens (including phenoxy) is 1. The van der Waals surface area contributed by atoms with Crippen LogP contribution >= 0.6 is 0 Å². The van der Waals surface area contributed by atoms with Crippen LogP contribution < -0.4 is 15.6 Å². The summed E-state index contributed by atoms with van der Waals surface area (Å²) in [6.07, 6.45) is 0.899. The molecule has 1 aromatic heterocycles. The summed E-state index contributed by atoms with van der Waals surface area (Å²) in [5, 5.41) is 2.59. The normalized spacial score (nSPS) is 11.3. The quantitative estimate of drug-likeness (QED) is 0.635. The van der Waals surface area contributed by atoms with Crippen LogP contribution in [0.4, 0.5) is 18.9 Å². The Morgan fingerprint density at radius 2 is 1.93 bits per heavy atom. The first-order valence-electron chi connectivity index (χ1n) is 9.12. The van der Waals surface area contributed by atoms with Crippen LogP contribution in [-0.2, 0) is 17.8 Å². The zero-order valence-corrected chi connectivity index (χ0v) is 15.6. The van der Waals surface area contributed by atoms with Gasteiger partial charge in [-0.05, 0) is 30.2 Å². The van der Waals surface area contributed by atoms with Gasteiger partial charge in [-0.2, -0.15) is 0 Å². The first kappa shape index (κ1) is 21.5. The minimum Gasteiger partial charge on any atom is -0.406 e. The minimum absolute atomic E-state index is 0.144. The lowest BCUT2D eigenvalue weighted by molar-refractivity contribution is -0.274. The van der Waals surface area contributed by atoms with Crippen molar-refractivity contribution in [3.05, 3.63) is 58.5 Å². The lowest BCUT2D eigenvalue weighted by Crippen LogP contribution is -2.21. The van der Waals surface area contributed by atoms with Crippen molar-refractivity contribution < 1.29 is 22.7 Å². The average molecular weight is 396 g/mol. The number of aryl methyl sites for hydroxylation is 1. The summed E-state index contributed by atoms with van der Waals surface area (Å²) in [5.74, 6) is -0.826. The predicted octanol–water partition coefficient (Wildman–Crippen LogP) is 4.51. The van der Waals surface area contributed by atoms with Crippen LogP contribution in [-0.4, -0.2) is 16.8 Å². The van der Waals surface area contributed by atoms with E-state index in [9.17, 15) is 22.8 Å². The van der Waals surface area contributed by atoms with Gasteiger partial charge in [-0.1, -0.05) is 38.3 Å². The van der Waals surface area contributed by atoms with Gasteiger partial charge >= 0.3 is 6.36 Å². The fraction of sp³-hybridized carbons (Fsp3) is 0.400. The van der Waals surface area contributed by atoms with Crippen LogP contribution in [0.5, 0.6) is 5.75 Å². The standard InChI is InChI=1S/C20H23F3N2O3/c1-2-3-4-5-10-25-11-9-16(14-19(25)27)24-18(26)13-15-7-6-8-17(12-15)28-20(21,22)23/h6-9,11-12,14H,2-5,10,13H2,1H3,(H,24,26). The minimum atomic E-state index is -4.79. The Labute approximate surface area is 161 Å². The van der Waals surface area contributed by atoms with E-state index in [0.717, 1.165) is 37.8 Å². The maximum atomic E-state index is 12.3. The Bertz CT molecular complexity index is 847. The zero-order chi connectivity index (χ0) is 20.6. The predicted molar refractivity (Wildman–Crippen MR) is 100 cm³/mol. The Morgan fingerprint density at radius 3 is 2.61 bits per heavy atom. The summed E-state index contributed by atoms with van der Waals surface area (Å²) in [6.45, 7) is 2.74. The summed E-state index contributed by atoms with van der Waals surface area (Å²) in [4.78, 5) is 24.2. The molecule has 1 heterocycles. The number of unbranched alkanes of at least 4 members (excludes halogenated alkanes) is 3. The largest absolute Gasteiger partial charge is 0.573 e. The topological polar surface area (TPSA) is 60.3 Å². The number of anilines is 1. The smallest absolute Gasteiger partial charge is 0.406 e. The van der Waals surface area contributed by atoms with Gasteiger partial charge in [0.15, 0.2) is 0 Å². The molecule has 0 fully saturated rings.